The molecule has 0 amide bonds. The first-order valence-corrected chi connectivity index (χ1v) is 13.1. The summed E-state index contributed by atoms with van der Waals surface area (Å²) in [5.74, 6) is 0. The summed E-state index contributed by atoms with van der Waals surface area (Å²) < 4.78 is 21.8. The van der Waals surface area contributed by atoms with Crippen LogP contribution in [0.5, 0.6) is 0 Å². The van der Waals surface area contributed by atoms with Crippen LogP contribution >= 0.6 is 0 Å². The Kier molecular flexibility index (Phi) is 8.15. The van der Waals surface area contributed by atoms with Gasteiger partial charge in [-0.15, -0.1) is 4.72 Å². The highest BCUT2D eigenvalue weighted by Crippen LogP contribution is 2.36. The summed E-state index contributed by atoms with van der Waals surface area (Å²) in [6.45, 7) is 17.9. The van der Waals surface area contributed by atoms with Crippen molar-refractivity contribution in [3.63, 3.8) is 0 Å². The predicted molar refractivity (Wildman–Crippen MR) is 111 cm³/mol. The summed E-state index contributed by atoms with van der Waals surface area (Å²) in [4.78, 5) is 4.41. The van der Waals surface area contributed by atoms with E-state index >= 15 is 0 Å². The molecule has 144 valence electrons. The number of nitrogens with one attached hydrogen (secondary N) is 1. The summed E-state index contributed by atoms with van der Waals surface area (Å²) in [6, 6.07) is 6.01. The fourth-order valence-electron chi connectivity index (χ4n) is 1.97. The highest BCUT2D eigenvalue weighted by Gasteiger charge is 2.37. The van der Waals surface area contributed by atoms with Gasteiger partial charge in [-0.25, -0.2) is 0 Å². The lowest BCUT2D eigenvalue weighted by molar-refractivity contribution is 0.267. The first-order chi connectivity index (χ1) is 11.3. The molecule has 0 saturated heterocycles. The minimum atomic E-state index is -1.76. The van der Waals surface area contributed by atoms with E-state index in [1.54, 1.807) is 6.20 Å². The second-order valence-electron chi connectivity index (χ2n) is 9.12. The van der Waals surface area contributed by atoms with Crippen molar-refractivity contribution in [1.29, 1.82) is 0 Å². The Labute approximate surface area is 158 Å². The molecule has 1 unspecified atom stereocenters. The molecule has 25 heavy (non-hydrogen) atoms. The van der Waals surface area contributed by atoms with Gasteiger partial charge in [0.25, 0.3) is 0 Å². The van der Waals surface area contributed by atoms with Crippen LogP contribution in [0.4, 0.5) is 0 Å². The van der Waals surface area contributed by atoms with E-state index in [-0.39, 0.29) is 15.8 Å². The Morgan fingerprint density at radius 1 is 1.20 bits per heavy atom. The van der Waals surface area contributed by atoms with Gasteiger partial charge in [-0.2, -0.15) is 0 Å². The third kappa shape index (κ3) is 7.79. The predicted octanol–water partition coefficient (Wildman–Crippen LogP) is 4.46. The highest BCUT2D eigenvalue weighted by atomic mass is 32.2. The number of nitrogens with zero attached hydrogens (tertiary/aromatic N) is 1. The van der Waals surface area contributed by atoms with E-state index in [1.807, 2.05) is 39.0 Å². The van der Waals surface area contributed by atoms with Crippen LogP contribution < -0.4 is 4.72 Å². The maximum absolute atomic E-state index is 12.5. The number of hydrogen-bond acceptors (Lipinski definition) is 4. The summed E-state index contributed by atoms with van der Waals surface area (Å²) >= 11 is -1.10. The van der Waals surface area contributed by atoms with Crippen LogP contribution in [0, 0.1) is 0 Å². The van der Waals surface area contributed by atoms with Crippen LogP contribution in [-0.2, 0) is 22.2 Å². The summed E-state index contributed by atoms with van der Waals surface area (Å²) in [7, 11) is -1.76. The average molecular weight is 385 g/mol. The van der Waals surface area contributed by atoms with Crippen molar-refractivity contribution >= 4 is 19.7 Å². The van der Waals surface area contributed by atoms with Gasteiger partial charge in [-0.05, 0) is 57.5 Å². The third-order valence-electron chi connectivity index (χ3n) is 4.75. The molecule has 4 nitrogen and oxygen atoms in total. The van der Waals surface area contributed by atoms with Crippen molar-refractivity contribution in [2.24, 2.45) is 0 Å². The third-order valence-corrected chi connectivity index (χ3v) is 10.9. The van der Waals surface area contributed by atoms with E-state index in [9.17, 15) is 4.55 Å². The topological polar surface area (TPSA) is 57.2 Å². The molecule has 0 bridgehead atoms. The Hall–Kier alpha value is -0.403. The lowest BCUT2D eigenvalue weighted by Gasteiger charge is -2.36. The largest absolute Gasteiger partial charge is 0.598 e. The SMILES string of the molecule is CC(C)(C)[S@@+]([O-])NC(CCO[Si](C)(C)C(C)(C)C)Cc1ccccn1. The van der Waals surface area contributed by atoms with E-state index in [0.29, 0.717) is 6.61 Å². The van der Waals surface area contributed by atoms with E-state index in [0.717, 1.165) is 18.5 Å². The fraction of sp³-hybridized carbons (Fsp3) is 0.737. The molecule has 1 heterocycles. The van der Waals surface area contributed by atoms with Crippen LogP contribution in [-0.4, -0.2) is 35.2 Å². The van der Waals surface area contributed by atoms with Crippen LogP contribution in [0.2, 0.25) is 18.1 Å². The number of aromatic nitrogens is 1. The van der Waals surface area contributed by atoms with Crippen molar-refractivity contribution in [3.05, 3.63) is 30.1 Å². The molecule has 0 spiro atoms. The molecule has 0 saturated carbocycles. The van der Waals surface area contributed by atoms with Gasteiger partial charge in [0.15, 0.2) is 8.32 Å². The van der Waals surface area contributed by atoms with Gasteiger partial charge in [0.2, 0.25) is 0 Å². The fourth-order valence-corrected chi connectivity index (χ4v) is 3.89. The maximum atomic E-state index is 12.5. The quantitative estimate of drug-likeness (QED) is 0.531. The normalized spacial score (nSPS) is 15.9. The molecule has 6 heteroatoms. The van der Waals surface area contributed by atoms with Crippen molar-refractivity contribution in [2.75, 3.05) is 6.61 Å². The minimum Gasteiger partial charge on any atom is -0.598 e. The van der Waals surface area contributed by atoms with E-state index in [4.69, 9.17) is 4.43 Å². The van der Waals surface area contributed by atoms with Crippen LogP contribution in [0.25, 0.3) is 0 Å². The van der Waals surface area contributed by atoms with Crippen molar-refractivity contribution < 1.29 is 8.98 Å². The van der Waals surface area contributed by atoms with Gasteiger partial charge in [-0.1, -0.05) is 26.8 Å². The minimum absolute atomic E-state index is 0.0831. The van der Waals surface area contributed by atoms with Crippen LogP contribution in [0.3, 0.4) is 0 Å². The first-order valence-electron chi connectivity index (χ1n) is 9.05. The van der Waals surface area contributed by atoms with Gasteiger partial charge in [0.05, 0.1) is 6.04 Å². The molecular formula is C19H36N2O2SSi. The Morgan fingerprint density at radius 3 is 2.32 bits per heavy atom. The number of pyridine rings is 1. The van der Waals surface area contributed by atoms with E-state index < -0.39 is 19.7 Å². The monoisotopic (exact) mass is 384 g/mol. The second kappa shape index (κ2) is 9.00. The zero-order valence-electron chi connectivity index (χ0n) is 17.2. The Balaban J connectivity index is 2.71. The molecule has 0 aliphatic rings. The molecule has 1 N–H and O–H groups in total. The molecule has 1 rings (SSSR count). The highest BCUT2D eigenvalue weighted by molar-refractivity contribution is 7.90. The van der Waals surface area contributed by atoms with Crippen molar-refractivity contribution in [3.8, 4) is 0 Å². The van der Waals surface area contributed by atoms with Gasteiger partial charge in [0.1, 0.15) is 4.75 Å². The smallest absolute Gasteiger partial charge is 0.191 e. The first kappa shape index (κ1) is 22.6. The number of hydrogen-bond donors (Lipinski definition) is 1. The molecule has 0 aromatic carbocycles. The molecule has 0 aliphatic heterocycles. The Bertz CT molecular complexity index is 512. The van der Waals surface area contributed by atoms with Gasteiger partial charge in [-0.3, -0.25) is 4.98 Å². The van der Waals surface area contributed by atoms with E-state index in [2.05, 4.69) is 43.6 Å². The van der Waals surface area contributed by atoms with Gasteiger partial charge >= 0.3 is 0 Å². The summed E-state index contributed by atoms with van der Waals surface area (Å²) in [6.07, 6.45) is 3.38. The Morgan fingerprint density at radius 2 is 1.84 bits per heavy atom. The van der Waals surface area contributed by atoms with Gasteiger partial charge < -0.3 is 8.98 Å². The summed E-state index contributed by atoms with van der Waals surface area (Å²) in [5, 5.41) is 0.200. The second-order valence-corrected chi connectivity index (χ2v) is 15.9. The molecule has 1 aromatic rings. The molecule has 2 atom stereocenters. The van der Waals surface area contributed by atoms with E-state index in [1.165, 1.54) is 0 Å². The molecule has 0 fully saturated rings. The lowest BCUT2D eigenvalue weighted by Crippen LogP contribution is -2.47. The lowest BCUT2D eigenvalue weighted by atomic mass is 10.1. The zero-order valence-corrected chi connectivity index (χ0v) is 19.0. The molecule has 0 aliphatic carbocycles. The molecular weight excluding hydrogens is 348 g/mol. The van der Waals surface area contributed by atoms with Crippen molar-refractivity contribution in [2.45, 2.75) is 83.3 Å². The van der Waals surface area contributed by atoms with Crippen LogP contribution in [0.1, 0.15) is 53.7 Å². The van der Waals surface area contributed by atoms with Crippen molar-refractivity contribution in [1.82, 2.24) is 9.71 Å². The maximum Gasteiger partial charge on any atom is 0.191 e. The van der Waals surface area contributed by atoms with Gasteiger partial charge in [0, 0.05) is 36.3 Å². The van der Waals surface area contributed by atoms with Crippen LogP contribution in [0.15, 0.2) is 24.4 Å². The molecule has 1 aromatic heterocycles. The average Bonchev–Trinajstić information content (AvgIpc) is 2.45. The summed E-state index contributed by atoms with van der Waals surface area (Å²) in [5.41, 5.74) is 1.01. The number of rotatable bonds is 8. The zero-order chi connectivity index (χ0) is 19.3. The molecule has 0 radical (unpaired) electrons. The standard InChI is InChI=1S/C19H36N2O2SSi/c1-18(2,3)24(22)21-17(15-16-11-9-10-13-20-16)12-14-23-25(7,8)19(4,5)6/h9-11,13,17,21H,12,14-15H2,1-8H3/t17?,24-/m1/s1.